The first-order valence-corrected chi connectivity index (χ1v) is 7.94. The molecule has 0 atom stereocenters. The number of thioether (sulfide) groups is 1. The lowest BCUT2D eigenvalue weighted by atomic mass is 10.2. The van der Waals surface area contributed by atoms with Crippen LogP contribution in [0.25, 0.3) is 0 Å². The Morgan fingerprint density at radius 2 is 2.11 bits per heavy atom. The Morgan fingerprint density at radius 1 is 1.32 bits per heavy atom. The molecule has 1 aromatic rings. The third-order valence-corrected chi connectivity index (χ3v) is 4.25. The van der Waals surface area contributed by atoms with E-state index in [9.17, 15) is 4.79 Å². The molecule has 0 aromatic heterocycles. The first kappa shape index (κ1) is 14.7. The minimum absolute atomic E-state index is 0.108. The summed E-state index contributed by atoms with van der Waals surface area (Å²) in [5.74, 6) is 1.04. The van der Waals surface area contributed by atoms with Crippen molar-refractivity contribution in [1.29, 1.82) is 0 Å². The highest BCUT2D eigenvalue weighted by Gasteiger charge is 2.16. The van der Waals surface area contributed by atoms with Gasteiger partial charge in [0.05, 0.1) is 6.61 Å². The quantitative estimate of drug-likeness (QED) is 0.612. The van der Waals surface area contributed by atoms with Gasteiger partial charge in [0.1, 0.15) is 0 Å². The Bertz CT molecular complexity index is 404. The van der Waals surface area contributed by atoms with Gasteiger partial charge >= 0.3 is 0 Å². The van der Waals surface area contributed by atoms with E-state index in [0.717, 1.165) is 36.6 Å². The average Bonchev–Trinajstić information content (AvgIpc) is 2.46. The Balaban J connectivity index is 1.63. The molecule has 1 aliphatic heterocycles. The van der Waals surface area contributed by atoms with E-state index >= 15 is 0 Å². The molecule has 0 saturated carbocycles. The Hall–Kier alpha value is -0.710. The van der Waals surface area contributed by atoms with Crippen LogP contribution in [-0.4, -0.2) is 29.9 Å². The maximum Gasteiger partial charge on any atom is 0.246 e. The summed E-state index contributed by atoms with van der Waals surface area (Å²) in [6.45, 7) is 1.41. The molecule has 0 spiro atoms. The van der Waals surface area contributed by atoms with Crippen molar-refractivity contribution in [3.8, 4) is 0 Å². The van der Waals surface area contributed by atoms with Crippen molar-refractivity contribution in [3.05, 3.63) is 29.3 Å². The summed E-state index contributed by atoms with van der Waals surface area (Å²) in [6.07, 6.45) is 3.52. The second-order valence-corrected chi connectivity index (χ2v) is 6.05. The monoisotopic (exact) mass is 299 g/mol. The van der Waals surface area contributed by atoms with Crippen molar-refractivity contribution in [3.63, 3.8) is 0 Å². The van der Waals surface area contributed by atoms with E-state index in [-0.39, 0.29) is 5.91 Å². The van der Waals surface area contributed by atoms with Crippen LogP contribution < -0.4 is 0 Å². The second-order valence-electron chi connectivity index (χ2n) is 4.44. The van der Waals surface area contributed by atoms with Crippen LogP contribution in [0.4, 0.5) is 0 Å². The van der Waals surface area contributed by atoms with Crippen molar-refractivity contribution >= 4 is 29.3 Å². The molecule has 0 bridgehead atoms. The van der Waals surface area contributed by atoms with E-state index in [1.54, 1.807) is 11.8 Å². The van der Waals surface area contributed by atoms with E-state index in [2.05, 4.69) is 0 Å². The third-order valence-electron chi connectivity index (χ3n) is 2.90. The predicted octanol–water partition coefficient (Wildman–Crippen LogP) is 3.77. The van der Waals surface area contributed by atoms with Gasteiger partial charge in [0.15, 0.2) is 0 Å². The highest BCUT2D eigenvalue weighted by atomic mass is 35.5. The Labute approximate surface area is 123 Å². The fourth-order valence-electron chi connectivity index (χ4n) is 1.86. The van der Waals surface area contributed by atoms with Gasteiger partial charge in [-0.2, -0.15) is 0 Å². The highest BCUT2D eigenvalue weighted by Crippen LogP contribution is 2.21. The lowest BCUT2D eigenvalue weighted by Gasteiger charge is -2.25. The largest absolute Gasteiger partial charge is 0.273 e. The molecule has 2 rings (SSSR count). The summed E-state index contributed by atoms with van der Waals surface area (Å²) >= 11 is 7.57. The van der Waals surface area contributed by atoms with Crippen LogP contribution in [0.3, 0.4) is 0 Å². The number of nitrogens with zero attached hydrogens (tertiary/aromatic N) is 1. The summed E-state index contributed by atoms with van der Waals surface area (Å²) in [7, 11) is 0. The van der Waals surface area contributed by atoms with Crippen LogP contribution in [0.2, 0.25) is 5.02 Å². The molecule has 3 nitrogen and oxygen atoms in total. The standard InChI is InChI=1S/C14H18ClNO2S/c15-12-5-7-13(8-6-12)19-11-3-4-14(17)16-9-1-2-10-18-16/h5-8H,1-4,9-11H2. The maximum absolute atomic E-state index is 11.8. The number of carbonyl (C=O) groups is 1. The van der Waals surface area contributed by atoms with Gasteiger partial charge in [-0.3, -0.25) is 9.63 Å². The van der Waals surface area contributed by atoms with E-state index in [1.807, 2.05) is 24.3 Å². The summed E-state index contributed by atoms with van der Waals surface area (Å²) in [4.78, 5) is 18.3. The number of hydrogen-bond donors (Lipinski definition) is 0. The van der Waals surface area contributed by atoms with Gasteiger partial charge in [0.25, 0.3) is 0 Å². The summed E-state index contributed by atoms with van der Waals surface area (Å²) < 4.78 is 0. The van der Waals surface area contributed by atoms with Crippen molar-refractivity contribution in [2.45, 2.75) is 30.6 Å². The van der Waals surface area contributed by atoms with Gasteiger partial charge in [0, 0.05) is 22.9 Å². The first-order valence-electron chi connectivity index (χ1n) is 6.57. The minimum Gasteiger partial charge on any atom is -0.273 e. The van der Waals surface area contributed by atoms with Crippen LogP contribution in [0.1, 0.15) is 25.7 Å². The van der Waals surface area contributed by atoms with Gasteiger partial charge in [-0.25, -0.2) is 5.06 Å². The summed E-state index contributed by atoms with van der Waals surface area (Å²) in [5.41, 5.74) is 0. The number of benzene rings is 1. The molecule has 1 fully saturated rings. The maximum atomic E-state index is 11.8. The van der Waals surface area contributed by atoms with Gasteiger partial charge in [-0.1, -0.05) is 11.6 Å². The molecule has 0 aliphatic carbocycles. The summed E-state index contributed by atoms with van der Waals surface area (Å²) in [5, 5.41) is 2.28. The van der Waals surface area contributed by atoms with Crippen LogP contribution in [0.15, 0.2) is 29.2 Å². The van der Waals surface area contributed by atoms with E-state index in [0.29, 0.717) is 13.0 Å². The highest BCUT2D eigenvalue weighted by molar-refractivity contribution is 7.99. The van der Waals surface area contributed by atoms with Crippen molar-refractivity contribution in [2.24, 2.45) is 0 Å². The van der Waals surface area contributed by atoms with Crippen molar-refractivity contribution < 1.29 is 9.63 Å². The smallest absolute Gasteiger partial charge is 0.246 e. The number of halogens is 1. The average molecular weight is 300 g/mol. The van der Waals surface area contributed by atoms with E-state index < -0.39 is 0 Å². The van der Waals surface area contributed by atoms with Gasteiger partial charge in [0.2, 0.25) is 5.91 Å². The minimum atomic E-state index is 0.108. The van der Waals surface area contributed by atoms with Crippen LogP contribution >= 0.6 is 23.4 Å². The van der Waals surface area contributed by atoms with Crippen molar-refractivity contribution in [1.82, 2.24) is 5.06 Å². The molecule has 1 saturated heterocycles. The number of hydroxylamine groups is 2. The molecule has 19 heavy (non-hydrogen) atoms. The molecule has 104 valence electrons. The lowest BCUT2D eigenvalue weighted by Crippen LogP contribution is -2.35. The van der Waals surface area contributed by atoms with Gasteiger partial charge < -0.3 is 0 Å². The third kappa shape index (κ3) is 5.05. The lowest BCUT2D eigenvalue weighted by molar-refractivity contribution is -0.197. The topological polar surface area (TPSA) is 29.5 Å². The predicted molar refractivity (Wildman–Crippen MR) is 78.3 cm³/mol. The number of carbonyl (C=O) groups excluding carboxylic acids is 1. The zero-order valence-electron chi connectivity index (χ0n) is 10.8. The molecule has 5 heteroatoms. The molecular formula is C14H18ClNO2S. The molecule has 0 N–H and O–H groups in total. The van der Waals surface area contributed by atoms with Crippen LogP contribution in [-0.2, 0) is 9.63 Å². The second kappa shape index (κ2) is 7.78. The SMILES string of the molecule is O=C(CCCSc1ccc(Cl)cc1)N1CCCCO1. The molecule has 1 amide bonds. The van der Waals surface area contributed by atoms with Gasteiger partial charge in [-0.05, 0) is 49.3 Å². The van der Waals surface area contributed by atoms with Crippen molar-refractivity contribution in [2.75, 3.05) is 18.9 Å². The summed E-state index contributed by atoms with van der Waals surface area (Å²) in [6, 6.07) is 7.78. The van der Waals surface area contributed by atoms with E-state index in [1.165, 1.54) is 9.96 Å². The molecule has 0 unspecified atom stereocenters. The number of amides is 1. The Kier molecular flexibility index (Phi) is 6.01. The first-order chi connectivity index (χ1) is 9.25. The van der Waals surface area contributed by atoms with E-state index in [4.69, 9.17) is 16.4 Å². The number of rotatable bonds is 5. The van der Waals surface area contributed by atoms with Crippen LogP contribution in [0.5, 0.6) is 0 Å². The molecule has 0 radical (unpaired) electrons. The number of hydrogen-bond acceptors (Lipinski definition) is 3. The zero-order valence-corrected chi connectivity index (χ0v) is 12.4. The fourth-order valence-corrected chi connectivity index (χ4v) is 2.84. The normalized spacial score (nSPS) is 15.5. The molecule has 1 aliphatic rings. The molecule has 1 aromatic carbocycles. The fraction of sp³-hybridized carbons (Fsp3) is 0.500. The zero-order chi connectivity index (χ0) is 13.5. The molecular weight excluding hydrogens is 282 g/mol. The van der Waals surface area contributed by atoms with Gasteiger partial charge in [-0.15, -0.1) is 11.8 Å². The van der Waals surface area contributed by atoms with Crippen LogP contribution in [0, 0.1) is 0 Å². The Morgan fingerprint density at radius 3 is 2.79 bits per heavy atom. The molecule has 1 heterocycles.